The summed E-state index contributed by atoms with van der Waals surface area (Å²) >= 11 is 0. The quantitative estimate of drug-likeness (QED) is 0.775. The molecule has 1 rings (SSSR count). The number of nitrogens with one attached hydrogen (secondary N) is 2. The summed E-state index contributed by atoms with van der Waals surface area (Å²) in [6.07, 6.45) is 0.398. The van der Waals surface area contributed by atoms with Gasteiger partial charge in [0, 0.05) is 5.69 Å². The summed E-state index contributed by atoms with van der Waals surface area (Å²) in [5.74, 6) is -0.827. The Bertz CT molecular complexity index is 498. The van der Waals surface area contributed by atoms with Crippen LogP contribution in [-0.4, -0.2) is 23.1 Å². The van der Waals surface area contributed by atoms with Crippen molar-refractivity contribution in [2.24, 2.45) is 5.92 Å². The summed E-state index contributed by atoms with van der Waals surface area (Å²) in [5.41, 5.74) is 2.73. The summed E-state index contributed by atoms with van der Waals surface area (Å²) in [4.78, 5) is 23.0. The van der Waals surface area contributed by atoms with E-state index in [1.165, 1.54) is 0 Å². The van der Waals surface area contributed by atoms with Gasteiger partial charge < -0.3 is 15.7 Å². The molecule has 0 aliphatic carbocycles. The number of anilines is 1. The highest BCUT2D eigenvalue weighted by Crippen LogP contribution is 2.17. The molecule has 0 bridgehead atoms. The van der Waals surface area contributed by atoms with Gasteiger partial charge in [0.15, 0.2) is 0 Å². The number of hydrogen-bond acceptors (Lipinski definition) is 2. The maximum absolute atomic E-state index is 11.9. The van der Waals surface area contributed by atoms with Crippen molar-refractivity contribution in [1.82, 2.24) is 5.32 Å². The number of urea groups is 1. The zero-order valence-electron chi connectivity index (χ0n) is 12.4. The van der Waals surface area contributed by atoms with Crippen LogP contribution in [0.3, 0.4) is 0 Å². The molecule has 0 radical (unpaired) electrons. The van der Waals surface area contributed by atoms with Gasteiger partial charge in [-0.2, -0.15) is 0 Å². The van der Waals surface area contributed by atoms with Gasteiger partial charge in [-0.1, -0.05) is 26.0 Å². The molecule has 0 fully saturated rings. The molecular weight excluding hydrogens is 256 g/mol. The highest BCUT2D eigenvalue weighted by Gasteiger charge is 2.21. The topological polar surface area (TPSA) is 78.4 Å². The number of amides is 2. The molecule has 5 nitrogen and oxygen atoms in total. The summed E-state index contributed by atoms with van der Waals surface area (Å²) < 4.78 is 0. The maximum Gasteiger partial charge on any atom is 0.326 e. The van der Waals surface area contributed by atoms with Crippen LogP contribution in [0.2, 0.25) is 0 Å². The van der Waals surface area contributed by atoms with Gasteiger partial charge in [-0.25, -0.2) is 9.59 Å². The van der Waals surface area contributed by atoms with Crippen LogP contribution in [0.5, 0.6) is 0 Å². The number of carbonyl (C=O) groups excluding carboxylic acids is 1. The highest BCUT2D eigenvalue weighted by atomic mass is 16.4. The number of benzene rings is 1. The molecule has 0 aliphatic heterocycles. The van der Waals surface area contributed by atoms with Crippen molar-refractivity contribution in [3.63, 3.8) is 0 Å². The Morgan fingerprint density at radius 3 is 2.45 bits per heavy atom. The van der Waals surface area contributed by atoms with Gasteiger partial charge in [0.25, 0.3) is 0 Å². The van der Waals surface area contributed by atoms with Crippen molar-refractivity contribution in [1.29, 1.82) is 0 Å². The average Bonchev–Trinajstić information content (AvgIpc) is 2.33. The largest absolute Gasteiger partial charge is 0.480 e. The van der Waals surface area contributed by atoms with E-state index < -0.39 is 18.0 Å². The molecule has 0 saturated heterocycles. The minimum Gasteiger partial charge on any atom is -0.480 e. The van der Waals surface area contributed by atoms with Crippen LogP contribution in [0.15, 0.2) is 18.2 Å². The van der Waals surface area contributed by atoms with Crippen molar-refractivity contribution in [2.45, 2.75) is 40.2 Å². The first-order valence-electron chi connectivity index (χ1n) is 6.67. The third-order valence-corrected chi connectivity index (χ3v) is 3.16. The maximum atomic E-state index is 11.9. The Kier molecular flexibility index (Phi) is 5.55. The highest BCUT2D eigenvalue weighted by molar-refractivity contribution is 5.93. The lowest BCUT2D eigenvalue weighted by Gasteiger charge is -2.17. The molecule has 1 atom stereocenters. The number of hydrogen-bond donors (Lipinski definition) is 3. The van der Waals surface area contributed by atoms with E-state index in [-0.39, 0.29) is 5.92 Å². The molecule has 0 spiro atoms. The summed E-state index contributed by atoms with van der Waals surface area (Å²) in [6.45, 7) is 7.70. The predicted octanol–water partition coefficient (Wildman–Crippen LogP) is 2.92. The molecule has 1 aromatic carbocycles. The van der Waals surface area contributed by atoms with Gasteiger partial charge >= 0.3 is 12.0 Å². The minimum absolute atomic E-state index is 0.192. The van der Waals surface area contributed by atoms with E-state index in [1.807, 2.05) is 39.8 Å². The fraction of sp³-hybridized carbons (Fsp3) is 0.467. The molecule has 20 heavy (non-hydrogen) atoms. The van der Waals surface area contributed by atoms with Gasteiger partial charge in [0.1, 0.15) is 6.04 Å². The van der Waals surface area contributed by atoms with E-state index in [0.717, 1.165) is 11.1 Å². The predicted molar refractivity (Wildman–Crippen MR) is 78.9 cm³/mol. The van der Waals surface area contributed by atoms with E-state index in [0.29, 0.717) is 12.1 Å². The Balaban J connectivity index is 2.71. The van der Waals surface area contributed by atoms with Crippen molar-refractivity contribution in [3.05, 3.63) is 29.3 Å². The van der Waals surface area contributed by atoms with Crippen LogP contribution in [-0.2, 0) is 4.79 Å². The molecule has 1 aromatic rings. The van der Waals surface area contributed by atoms with Crippen LogP contribution in [0.25, 0.3) is 0 Å². The van der Waals surface area contributed by atoms with Crippen LogP contribution in [0.1, 0.15) is 31.4 Å². The van der Waals surface area contributed by atoms with E-state index in [1.54, 1.807) is 6.07 Å². The zero-order valence-corrected chi connectivity index (χ0v) is 12.4. The van der Waals surface area contributed by atoms with Crippen molar-refractivity contribution in [2.75, 3.05) is 5.32 Å². The van der Waals surface area contributed by atoms with E-state index in [9.17, 15) is 9.59 Å². The second kappa shape index (κ2) is 6.93. The molecule has 2 amide bonds. The molecular formula is C15H22N2O3. The Labute approximate surface area is 119 Å². The van der Waals surface area contributed by atoms with E-state index in [4.69, 9.17) is 5.11 Å². The monoisotopic (exact) mass is 278 g/mol. The number of carboxylic acids is 1. The molecule has 3 N–H and O–H groups in total. The second-order valence-electron chi connectivity index (χ2n) is 5.37. The first-order valence-corrected chi connectivity index (χ1v) is 6.67. The summed E-state index contributed by atoms with van der Waals surface area (Å²) in [7, 11) is 0. The minimum atomic E-state index is -1.02. The standard InChI is InChI=1S/C15H22N2O3/c1-9(2)8-13(14(18)19)17-15(20)16-12-7-5-6-10(3)11(12)4/h5-7,9,13H,8H2,1-4H3,(H,18,19)(H2,16,17,20). The summed E-state index contributed by atoms with van der Waals surface area (Å²) in [6, 6.07) is 4.23. The SMILES string of the molecule is Cc1cccc(NC(=O)NC(CC(C)C)C(=O)O)c1C. The van der Waals surface area contributed by atoms with Crippen LogP contribution in [0.4, 0.5) is 10.5 Å². The lowest BCUT2D eigenvalue weighted by molar-refractivity contribution is -0.139. The first kappa shape index (κ1) is 16.0. The van der Waals surface area contributed by atoms with Crippen molar-refractivity contribution in [3.8, 4) is 0 Å². The molecule has 1 unspecified atom stereocenters. The molecule has 110 valence electrons. The molecule has 0 saturated carbocycles. The second-order valence-corrected chi connectivity index (χ2v) is 5.37. The molecule has 0 aliphatic rings. The van der Waals surface area contributed by atoms with E-state index in [2.05, 4.69) is 10.6 Å². The third kappa shape index (κ3) is 4.57. The van der Waals surface area contributed by atoms with Crippen LogP contribution in [0, 0.1) is 19.8 Å². The Morgan fingerprint density at radius 2 is 1.90 bits per heavy atom. The molecule has 0 heterocycles. The fourth-order valence-electron chi connectivity index (χ4n) is 1.90. The van der Waals surface area contributed by atoms with Crippen molar-refractivity contribution < 1.29 is 14.7 Å². The number of aryl methyl sites for hydroxylation is 1. The van der Waals surface area contributed by atoms with Gasteiger partial charge in [-0.3, -0.25) is 0 Å². The third-order valence-electron chi connectivity index (χ3n) is 3.16. The smallest absolute Gasteiger partial charge is 0.326 e. The zero-order chi connectivity index (χ0) is 15.3. The number of carboxylic acid groups (broad SMARTS) is 1. The Hall–Kier alpha value is -2.04. The normalized spacial score (nSPS) is 12.1. The number of aliphatic carboxylic acids is 1. The van der Waals surface area contributed by atoms with Gasteiger partial charge in [-0.15, -0.1) is 0 Å². The van der Waals surface area contributed by atoms with Gasteiger partial charge in [0.05, 0.1) is 0 Å². The van der Waals surface area contributed by atoms with Crippen LogP contribution < -0.4 is 10.6 Å². The Morgan fingerprint density at radius 1 is 1.25 bits per heavy atom. The average molecular weight is 278 g/mol. The van der Waals surface area contributed by atoms with Crippen molar-refractivity contribution >= 4 is 17.7 Å². The first-order chi connectivity index (χ1) is 9.31. The van der Waals surface area contributed by atoms with Crippen LogP contribution >= 0.6 is 0 Å². The molecule has 0 aromatic heterocycles. The molecule has 5 heteroatoms. The van der Waals surface area contributed by atoms with E-state index >= 15 is 0 Å². The fourth-order valence-corrected chi connectivity index (χ4v) is 1.90. The van der Waals surface area contributed by atoms with Gasteiger partial charge in [-0.05, 0) is 43.4 Å². The number of carbonyl (C=O) groups is 2. The summed E-state index contributed by atoms with van der Waals surface area (Å²) in [5, 5.41) is 14.3. The lowest BCUT2D eigenvalue weighted by Crippen LogP contribution is -2.43. The van der Waals surface area contributed by atoms with Gasteiger partial charge in [0.2, 0.25) is 0 Å². The number of rotatable bonds is 5. The lowest BCUT2D eigenvalue weighted by atomic mass is 10.0.